The van der Waals surface area contributed by atoms with Gasteiger partial charge in [0.05, 0.1) is 18.4 Å². The molecule has 1 saturated carbocycles. The first-order valence-electron chi connectivity index (χ1n) is 12.7. The van der Waals surface area contributed by atoms with Crippen LogP contribution in [0.15, 0.2) is 54.6 Å². The second-order valence-corrected chi connectivity index (χ2v) is 10.7. The average Bonchev–Trinajstić information content (AvgIpc) is 2.95. The van der Waals surface area contributed by atoms with Gasteiger partial charge < -0.3 is 14.7 Å². The normalized spacial score (nSPS) is 27.4. The van der Waals surface area contributed by atoms with E-state index < -0.39 is 0 Å². The molecule has 0 radical (unpaired) electrons. The monoisotopic (exact) mass is 465 g/mol. The molecule has 3 aliphatic rings. The predicted molar refractivity (Wildman–Crippen MR) is 136 cm³/mol. The second-order valence-electron chi connectivity index (χ2n) is 10.3. The summed E-state index contributed by atoms with van der Waals surface area (Å²) in [6.07, 6.45) is 11.7. The summed E-state index contributed by atoms with van der Waals surface area (Å²) in [5, 5.41) is 11.6. The van der Waals surface area contributed by atoms with Gasteiger partial charge in [-0.15, -0.1) is 0 Å². The minimum absolute atomic E-state index is 0.0317. The first-order valence-corrected chi connectivity index (χ1v) is 13.1. The molecule has 1 spiro atoms. The van der Waals surface area contributed by atoms with Gasteiger partial charge in [-0.2, -0.15) is 0 Å². The summed E-state index contributed by atoms with van der Waals surface area (Å²) in [6.45, 7) is 4.79. The Hall–Kier alpha value is -1.97. The van der Waals surface area contributed by atoms with E-state index in [0.29, 0.717) is 18.4 Å². The van der Waals surface area contributed by atoms with E-state index in [2.05, 4.69) is 54.3 Å². The summed E-state index contributed by atoms with van der Waals surface area (Å²) >= 11 is 6.35. The van der Waals surface area contributed by atoms with Crippen molar-refractivity contribution in [2.24, 2.45) is 11.8 Å². The van der Waals surface area contributed by atoms with Crippen LogP contribution in [0.1, 0.15) is 56.6 Å². The fourth-order valence-electron chi connectivity index (χ4n) is 6.17. The first kappa shape index (κ1) is 22.8. The van der Waals surface area contributed by atoms with Gasteiger partial charge in [-0.3, -0.25) is 0 Å². The van der Waals surface area contributed by atoms with Crippen molar-refractivity contribution < 1.29 is 9.84 Å². The van der Waals surface area contributed by atoms with Crippen LogP contribution in [0.25, 0.3) is 0 Å². The molecule has 0 aromatic heterocycles. The first-order chi connectivity index (χ1) is 16.1. The third-order valence-electron chi connectivity index (χ3n) is 8.10. The molecule has 33 heavy (non-hydrogen) atoms. The Labute approximate surface area is 203 Å². The fourth-order valence-corrected chi connectivity index (χ4v) is 6.36. The number of anilines is 1. The zero-order valence-corrected chi connectivity index (χ0v) is 20.4. The highest BCUT2D eigenvalue weighted by Gasteiger charge is 2.43. The summed E-state index contributed by atoms with van der Waals surface area (Å²) in [6, 6.07) is 14.9. The van der Waals surface area contributed by atoms with Crippen molar-refractivity contribution in [3.63, 3.8) is 0 Å². The number of hydrogen-bond donors (Lipinski definition) is 1. The van der Waals surface area contributed by atoms with Crippen LogP contribution < -0.4 is 9.64 Å². The summed E-state index contributed by atoms with van der Waals surface area (Å²) in [7, 11) is 0. The minimum Gasteiger partial charge on any atom is -0.490 e. The summed E-state index contributed by atoms with van der Waals surface area (Å²) in [4.78, 5) is 2.56. The maximum Gasteiger partial charge on any atom is 0.142 e. The van der Waals surface area contributed by atoms with Gasteiger partial charge in [-0.05, 0) is 85.8 Å². The second kappa shape index (κ2) is 9.72. The van der Waals surface area contributed by atoms with Gasteiger partial charge in [-0.25, -0.2) is 0 Å². The molecule has 2 aromatic carbocycles. The third kappa shape index (κ3) is 4.55. The number of rotatable bonds is 6. The standard InChI is InChI=1S/C29H36ClNO2/c1-2-3-4-10-27(32)24-14-12-22(24)18-31-19-29(20-33-28-11-6-5-9-26(28)31)16-7-8-21-17-23(30)13-15-25(21)29/h4-6,9-11,13,15,17,22,24,27,32H,2-3,7-8,12,14,16,18-20H2,1H3/b10-4+/t22-,24+,27-,29-/m0/s1. The molecular formula is C29H36ClNO2. The maximum atomic E-state index is 10.8. The third-order valence-corrected chi connectivity index (χ3v) is 8.34. The van der Waals surface area contributed by atoms with E-state index in [1.165, 1.54) is 23.2 Å². The van der Waals surface area contributed by atoms with Crippen LogP contribution >= 0.6 is 11.6 Å². The number of para-hydroxylation sites is 2. The van der Waals surface area contributed by atoms with Crippen LogP contribution in [0.4, 0.5) is 5.69 Å². The number of aliphatic hydroxyl groups is 1. The predicted octanol–water partition coefficient (Wildman–Crippen LogP) is 6.56. The molecule has 2 aromatic rings. The molecule has 4 heteroatoms. The molecule has 0 amide bonds. The van der Waals surface area contributed by atoms with Crippen molar-refractivity contribution in [3.05, 3.63) is 70.8 Å². The number of ether oxygens (including phenoxy) is 1. The topological polar surface area (TPSA) is 32.7 Å². The SMILES string of the molecule is CCC/C=C/[C@H](O)[C@@H]1CC[C@H]1CN1C[C@@]2(CCCc3cc(Cl)ccc32)COc2ccccc21. The fraction of sp³-hybridized carbons (Fsp3) is 0.517. The highest BCUT2D eigenvalue weighted by Crippen LogP contribution is 2.46. The number of allylic oxidation sites excluding steroid dienone is 1. The lowest BCUT2D eigenvalue weighted by Gasteiger charge is -2.45. The lowest BCUT2D eigenvalue weighted by Crippen LogP contribution is -2.49. The number of hydrogen-bond acceptors (Lipinski definition) is 3. The quantitative estimate of drug-likeness (QED) is 0.490. The van der Waals surface area contributed by atoms with Crippen LogP contribution in [0.2, 0.25) is 5.02 Å². The number of nitrogens with zero attached hydrogens (tertiary/aromatic N) is 1. The van der Waals surface area contributed by atoms with Crippen molar-refractivity contribution in [1.29, 1.82) is 0 Å². The molecule has 0 bridgehead atoms. The van der Waals surface area contributed by atoms with E-state index >= 15 is 0 Å². The van der Waals surface area contributed by atoms with Gasteiger partial charge in [0, 0.05) is 23.5 Å². The van der Waals surface area contributed by atoms with Gasteiger partial charge in [-0.1, -0.05) is 55.3 Å². The van der Waals surface area contributed by atoms with Gasteiger partial charge in [0.25, 0.3) is 0 Å². The Bertz CT molecular complexity index is 1000. The Kier molecular flexibility index (Phi) is 6.72. The van der Waals surface area contributed by atoms with E-state index in [1.807, 2.05) is 12.1 Å². The van der Waals surface area contributed by atoms with Gasteiger partial charge in [0.15, 0.2) is 0 Å². The number of halogens is 1. The van der Waals surface area contributed by atoms with Crippen LogP contribution in [0.3, 0.4) is 0 Å². The molecule has 2 aliphatic carbocycles. The van der Waals surface area contributed by atoms with Crippen molar-refractivity contribution in [2.45, 2.75) is 63.4 Å². The highest BCUT2D eigenvalue weighted by atomic mass is 35.5. The molecule has 3 nitrogen and oxygen atoms in total. The molecule has 1 fully saturated rings. The molecule has 176 valence electrons. The van der Waals surface area contributed by atoms with E-state index in [-0.39, 0.29) is 11.5 Å². The zero-order valence-electron chi connectivity index (χ0n) is 19.7. The minimum atomic E-state index is -0.333. The number of aryl methyl sites for hydroxylation is 1. The van der Waals surface area contributed by atoms with E-state index in [1.54, 1.807) is 0 Å². The summed E-state index contributed by atoms with van der Waals surface area (Å²) in [5.74, 6) is 1.83. The average molecular weight is 466 g/mol. The van der Waals surface area contributed by atoms with Crippen LogP contribution in [0, 0.1) is 11.8 Å². The number of fused-ring (bicyclic) bond motifs is 3. The summed E-state index contributed by atoms with van der Waals surface area (Å²) < 4.78 is 6.50. The van der Waals surface area contributed by atoms with Crippen LogP contribution in [-0.2, 0) is 11.8 Å². The number of benzene rings is 2. The van der Waals surface area contributed by atoms with E-state index in [4.69, 9.17) is 16.3 Å². The van der Waals surface area contributed by atoms with Crippen molar-refractivity contribution in [3.8, 4) is 5.75 Å². The molecule has 0 saturated heterocycles. The lowest BCUT2D eigenvalue weighted by molar-refractivity contribution is 0.0456. The van der Waals surface area contributed by atoms with Gasteiger partial charge >= 0.3 is 0 Å². The smallest absolute Gasteiger partial charge is 0.142 e. The summed E-state index contributed by atoms with van der Waals surface area (Å²) in [5.41, 5.74) is 3.94. The molecule has 5 rings (SSSR count). The molecule has 1 N–H and O–H groups in total. The Morgan fingerprint density at radius 3 is 2.94 bits per heavy atom. The van der Waals surface area contributed by atoms with Gasteiger partial charge in [0.1, 0.15) is 5.75 Å². The van der Waals surface area contributed by atoms with Gasteiger partial charge in [0.2, 0.25) is 0 Å². The Morgan fingerprint density at radius 1 is 1.24 bits per heavy atom. The van der Waals surface area contributed by atoms with Crippen molar-refractivity contribution in [1.82, 2.24) is 0 Å². The molecule has 0 unspecified atom stereocenters. The lowest BCUT2D eigenvalue weighted by atomic mass is 9.68. The zero-order chi connectivity index (χ0) is 22.8. The molecule has 1 aliphatic heterocycles. The van der Waals surface area contributed by atoms with E-state index in [0.717, 1.165) is 62.4 Å². The highest BCUT2D eigenvalue weighted by molar-refractivity contribution is 6.30. The molecule has 4 atom stereocenters. The largest absolute Gasteiger partial charge is 0.490 e. The van der Waals surface area contributed by atoms with Crippen LogP contribution in [0.5, 0.6) is 5.75 Å². The molecule has 1 heterocycles. The van der Waals surface area contributed by atoms with Crippen molar-refractivity contribution >= 4 is 17.3 Å². The number of unbranched alkanes of at least 4 members (excludes halogenated alkanes) is 1. The van der Waals surface area contributed by atoms with E-state index in [9.17, 15) is 5.11 Å². The molecular weight excluding hydrogens is 430 g/mol. The Morgan fingerprint density at radius 2 is 2.12 bits per heavy atom. The maximum absolute atomic E-state index is 10.8. The Balaban J connectivity index is 1.43. The number of aliphatic hydroxyl groups excluding tert-OH is 1. The van der Waals surface area contributed by atoms with Crippen LogP contribution in [-0.4, -0.2) is 30.9 Å². The van der Waals surface area contributed by atoms with Crippen molar-refractivity contribution in [2.75, 3.05) is 24.6 Å².